The predicted molar refractivity (Wildman–Crippen MR) is 126 cm³/mol. The van der Waals surface area contributed by atoms with E-state index in [4.69, 9.17) is 0 Å². The minimum Gasteiger partial charge on any atom is -0.344 e. The molecule has 0 aliphatic carbocycles. The van der Waals surface area contributed by atoms with Crippen LogP contribution in [-0.2, 0) is 11.2 Å². The van der Waals surface area contributed by atoms with E-state index in [0.29, 0.717) is 31.6 Å². The van der Waals surface area contributed by atoms with Gasteiger partial charge in [0, 0.05) is 44.6 Å². The van der Waals surface area contributed by atoms with Gasteiger partial charge in [-0.3, -0.25) is 14.6 Å². The van der Waals surface area contributed by atoms with Gasteiger partial charge in [-0.2, -0.15) is 0 Å². The van der Waals surface area contributed by atoms with Crippen molar-refractivity contribution in [3.63, 3.8) is 0 Å². The van der Waals surface area contributed by atoms with Gasteiger partial charge in [0.15, 0.2) is 0 Å². The van der Waals surface area contributed by atoms with Crippen LogP contribution in [0.3, 0.4) is 0 Å². The summed E-state index contributed by atoms with van der Waals surface area (Å²) in [5.74, 6) is -0.223. The van der Waals surface area contributed by atoms with Crippen LogP contribution in [-0.4, -0.2) is 53.3 Å². The summed E-state index contributed by atoms with van der Waals surface area (Å²) >= 11 is 0. The number of benzene rings is 2. The molecular weight excluding hydrogens is 398 g/mol. The molecule has 2 amide bonds. The third kappa shape index (κ3) is 4.88. The van der Waals surface area contributed by atoms with Crippen molar-refractivity contribution >= 4 is 11.8 Å². The predicted octanol–water partition coefficient (Wildman–Crippen LogP) is 4.14. The molecule has 0 spiro atoms. The van der Waals surface area contributed by atoms with E-state index in [1.807, 2.05) is 7.05 Å². The Labute approximate surface area is 189 Å². The number of hydrogen-bond acceptors (Lipinski definition) is 3. The first-order valence-electron chi connectivity index (χ1n) is 11.0. The number of carbonyl (C=O) groups is 2. The van der Waals surface area contributed by atoms with Crippen LogP contribution in [0.2, 0.25) is 0 Å². The average molecular weight is 428 g/mol. The monoisotopic (exact) mass is 427 g/mol. The lowest BCUT2D eigenvalue weighted by molar-refractivity contribution is -0.133. The Bertz CT molecular complexity index is 1090. The number of amides is 2. The van der Waals surface area contributed by atoms with Crippen LogP contribution in [0.25, 0.3) is 11.1 Å². The molecule has 3 aromatic rings. The number of aryl methyl sites for hydroxylation is 2. The number of rotatable bonds is 4. The fourth-order valence-corrected chi connectivity index (χ4v) is 4.40. The second kappa shape index (κ2) is 9.35. The van der Waals surface area contributed by atoms with Crippen molar-refractivity contribution in [2.75, 3.05) is 26.7 Å². The van der Waals surface area contributed by atoms with Crippen molar-refractivity contribution in [3.8, 4) is 11.1 Å². The molecular formula is C27H29N3O2. The highest BCUT2D eigenvalue weighted by Gasteiger charge is 2.31. The highest BCUT2D eigenvalue weighted by Crippen LogP contribution is 2.24. The van der Waals surface area contributed by atoms with E-state index < -0.39 is 0 Å². The van der Waals surface area contributed by atoms with Crippen molar-refractivity contribution in [2.24, 2.45) is 5.92 Å². The van der Waals surface area contributed by atoms with Gasteiger partial charge < -0.3 is 9.80 Å². The summed E-state index contributed by atoms with van der Waals surface area (Å²) in [5, 5.41) is 0. The Balaban J connectivity index is 1.52. The van der Waals surface area contributed by atoms with E-state index in [9.17, 15) is 9.59 Å². The van der Waals surface area contributed by atoms with Crippen molar-refractivity contribution in [3.05, 3.63) is 89.2 Å². The standard InChI is InChI=1S/C27H29N3O2/c1-19-14-20(2)16-24(15-19)22-6-4-21(5-7-22)17-25-18-30(13-12-29(3)26(25)31)27(32)23-8-10-28-11-9-23/h4-11,14-16,25H,12-13,17-18H2,1-3H3/t25-/m0/s1. The zero-order valence-electron chi connectivity index (χ0n) is 18.9. The summed E-state index contributed by atoms with van der Waals surface area (Å²) in [6.07, 6.45) is 3.85. The highest BCUT2D eigenvalue weighted by molar-refractivity contribution is 5.94. The SMILES string of the molecule is Cc1cc(C)cc(-c2ccc(C[C@H]3CN(C(=O)c4ccncc4)CCN(C)C3=O)cc2)c1. The molecule has 1 aliphatic heterocycles. The summed E-state index contributed by atoms with van der Waals surface area (Å²) in [4.78, 5) is 33.5. The molecule has 0 bridgehead atoms. The van der Waals surface area contributed by atoms with E-state index in [1.54, 1.807) is 34.3 Å². The number of nitrogens with zero attached hydrogens (tertiary/aromatic N) is 3. The average Bonchev–Trinajstić information content (AvgIpc) is 2.93. The van der Waals surface area contributed by atoms with Crippen molar-refractivity contribution in [1.82, 2.24) is 14.8 Å². The number of carbonyl (C=O) groups excluding carboxylic acids is 2. The molecule has 1 saturated heterocycles. The Morgan fingerprint density at radius 2 is 1.59 bits per heavy atom. The van der Waals surface area contributed by atoms with Crippen LogP contribution in [0.4, 0.5) is 0 Å². The summed E-state index contributed by atoms with van der Waals surface area (Å²) < 4.78 is 0. The molecule has 1 aliphatic rings. The first-order valence-corrected chi connectivity index (χ1v) is 11.0. The van der Waals surface area contributed by atoms with E-state index in [-0.39, 0.29) is 17.7 Å². The van der Waals surface area contributed by atoms with Gasteiger partial charge in [0.2, 0.25) is 5.91 Å². The molecule has 0 radical (unpaired) electrons. The molecule has 32 heavy (non-hydrogen) atoms. The van der Waals surface area contributed by atoms with Crippen molar-refractivity contribution in [1.29, 1.82) is 0 Å². The second-order valence-electron chi connectivity index (χ2n) is 8.72. The molecule has 1 atom stereocenters. The molecule has 1 aromatic heterocycles. The van der Waals surface area contributed by atoms with E-state index in [0.717, 1.165) is 5.56 Å². The maximum atomic E-state index is 13.0. The fraction of sp³-hybridized carbons (Fsp3) is 0.296. The van der Waals surface area contributed by atoms with Crippen LogP contribution in [0.5, 0.6) is 0 Å². The summed E-state index contributed by atoms with van der Waals surface area (Å²) in [5.41, 5.74) is 6.56. The maximum Gasteiger partial charge on any atom is 0.254 e. The number of aromatic nitrogens is 1. The quantitative estimate of drug-likeness (QED) is 0.629. The molecule has 1 fully saturated rings. The third-order valence-corrected chi connectivity index (χ3v) is 6.08. The molecule has 0 saturated carbocycles. The van der Waals surface area contributed by atoms with E-state index in [2.05, 4.69) is 61.3 Å². The van der Waals surface area contributed by atoms with Crippen LogP contribution in [0.1, 0.15) is 27.0 Å². The first-order chi connectivity index (χ1) is 15.4. The number of hydrogen-bond donors (Lipinski definition) is 0. The lowest BCUT2D eigenvalue weighted by Crippen LogP contribution is -2.37. The Kier molecular flexibility index (Phi) is 6.35. The summed E-state index contributed by atoms with van der Waals surface area (Å²) in [7, 11) is 1.82. The lowest BCUT2D eigenvalue weighted by Gasteiger charge is -2.23. The van der Waals surface area contributed by atoms with Crippen LogP contribution < -0.4 is 0 Å². The minimum absolute atomic E-state index is 0.0503. The molecule has 2 aromatic carbocycles. The lowest BCUT2D eigenvalue weighted by atomic mass is 9.95. The van der Waals surface area contributed by atoms with Gasteiger partial charge in [0.05, 0.1) is 5.92 Å². The normalized spacial score (nSPS) is 16.7. The van der Waals surface area contributed by atoms with Gasteiger partial charge in [0.25, 0.3) is 5.91 Å². The third-order valence-electron chi connectivity index (χ3n) is 6.08. The molecule has 5 heteroatoms. The molecule has 0 unspecified atom stereocenters. The van der Waals surface area contributed by atoms with Gasteiger partial charge in [-0.05, 0) is 49.1 Å². The van der Waals surface area contributed by atoms with Crippen molar-refractivity contribution in [2.45, 2.75) is 20.3 Å². The Morgan fingerprint density at radius 1 is 0.938 bits per heavy atom. The van der Waals surface area contributed by atoms with Gasteiger partial charge in [-0.25, -0.2) is 0 Å². The largest absolute Gasteiger partial charge is 0.344 e. The van der Waals surface area contributed by atoms with Crippen LogP contribution in [0, 0.1) is 19.8 Å². The molecule has 2 heterocycles. The van der Waals surface area contributed by atoms with Gasteiger partial charge >= 0.3 is 0 Å². The van der Waals surface area contributed by atoms with Gasteiger partial charge in [-0.15, -0.1) is 0 Å². The topological polar surface area (TPSA) is 53.5 Å². The Morgan fingerprint density at radius 3 is 2.25 bits per heavy atom. The van der Waals surface area contributed by atoms with E-state index in [1.165, 1.54) is 22.3 Å². The molecule has 4 rings (SSSR count). The smallest absolute Gasteiger partial charge is 0.254 e. The Hall–Kier alpha value is -3.47. The zero-order valence-corrected chi connectivity index (χ0v) is 18.9. The zero-order chi connectivity index (χ0) is 22.7. The summed E-state index contributed by atoms with van der Waals surface area (Å²) in [6.45, 7) is 5.71. The van der Waals surface area contributed by atoms with Gasteiger partial charge in [0.1, 0.15) is 0 Å². The number of pyridine rings is 1. The first kappa shape index (κ1) is 21.8. The fourth-order valence-electron chi connectivity index (χ4n) is 4.40. The van der Waals surface area contributed by atoms with Gasteiger partial charge in [-0.1, -0.05) is 53.6 Å². The minimum atomic E-state index is -0.264. The second-order valence-corrected chi connectivity index (χ2v) is 8.72. The maximum absolute atomic E-state index is 13.0. The van der Waals surface area contributed by atoms with Crippen molar-refractivity contribution < 1.29 is 9.59 Å². The molecule has 164 valence electrons. The molecule has 0 N–H and O–H groups in total. The van der Waals surface area contributed by atoms with Crippen LogP contribution >= 0.6 is 0 Å². The highest BCUT2D eigenvalue weighted by atomic mass is 16.2. The number of likely N-dealkylation sites (N-methyl/N-ethyl adjacent to an activating group) is 1. The summed E-state index contributed by atoms with van der Waals surface area (Å²) in [6, 6.07) is 18.4. The van der Waals surface area contributed by atoms with E-state index >= 15 is 0 Å². The van der Waals surface area contributed by atoms with Crippen LogP contribution in [0.15, 0.2) is 67.0 Å². The molecule has 5 nitrogen and oxygen atoms in total.